The van der Waals surface area contributed by atoms with Crippen molar-refractivity contribution in [3.8, 4) is 5.75 Å². The number of nitrogens with zero attached hydrogens (tertiary/aromatic N) is 1. The van der Waals surface area contributed by atoms with Crippen LogP contribution in [0.3, 0.4) is 0 Å². The average Bonchev–Trinajstić information content (AvgIpc) is 2.94. The summed E-state index contributed by atoms with van der Waals surface area (Å²) in [4.78, 5) is 12.4. The minimum Gasteiger partial charge on any atom is -0.423 e. The first kappa shape index (κ1) is 17.5. The second kappa shape index (κ2) is 6.88. The molecule has 1 fully saturated rings. The average molecular weight is 359 g/mol. The lowest BCUT2D eigenvalue weighted by Gasteiger charge is -2.17. The smallest absolute Gasteiger partial charge is 0.343 e. The van der Waals surface area contributed by atoms with Gasteiger partial charge in [-0.15, -0.1) is 0 Å². The van der Waals surface area contributed by atoms with Crippen LogP contribution in [0.4, 0.5) is 5.69 Å². The largest absolute Gasteiger partial charge is 0.423 e. The number of sulfonamides is 1. The lowest BCUT2D eigenvalue weighted by atomic mass is 10.0. The van der Waals surface area contributed by atoms with Crippen LogP contribution in [0.15, 0.2) is 48.5 Å². The molecular weight excluding hydrogens is 338 g/mol. The number of hydrogen-bond donors (Lipinski definition) is 0. The molecule has 6 heteroatoms. The minimum atomic E-state index is -3.22. The predicted molar refractivity (Wildman–Crippen MR) is 97.7 cm³/mol. The van der Waals surface area contributed by atoms with Gasteiger partial charge in [-0.3, -0.25) is 4.31 Å². The fourth-order valence-corrected chi connectivity index (χ4v) is 4.47. The molecule has 1 heterocycles. The Bertz CT molecular complexity index is 873. The lowest BCUT2D eigenvalue weighted by molar-refractivity contribution is 0.0733. The third-order valence-corrected chi connectivity index (χ3v) is 6.10. The summed E-state index contributed by atoms with van der Waals surface area (Å²) >= 11 is 0. The molecule has 2 aromatic rings. The summed E-state index contributed by atoms with van der Waals surface area (Å²) in [6, 6.07) is 14.0. The van der Waals surface area contributed by atoms with E-state index in [1.165, 1.54) is 4.31 Å². The first-order chi connectivity index (χ1) is 11.9. The van der Waals surface area contributed by atoms with Crippen LogP contribution in [0.5, 0.6) is 5.75 Å². The molecule has 5 nitrogen and oxygen atoms in total. The van der Waals surface area contributed by atoms with Crippen LogP contribution in [0.1, 0.15) is 42.1 Å². The van der Waals surface area contributed by atoms with Crippen LogP contribution in [0, 0.1) is 0 Å². The molecule has 0 aromatic heterocycles. The number of rotatable bonds is 4. The Morgan fingerprint density at radius 3 is 2.36 bits per heavy atom. The molecule has 0 spiro atoms. The van der Waals surface area contributed by atoms with E-state index in [1.54, 1.807) is 30.3 Å². The topological polar surface area (TPSA) is 63.7 Å². The van der Waals surface area contributed by atoms with Crippen LogP contribution in [0.2, 0.25) is 0 Å². The Morgan fingerprint density at radius 2 is 1.76 bits per heavy atom. The number of carbonyl (C=O) groups is 1. The molecule has 0 atom stereocenters. The van der Waals surface area contributed by atoms with Gasteiger partial charge in [-0.05, 0) is 48.2 Å². The molecule has 0 unspecified atom stereocenters. The fraction of sp³-hybridized carbons (Fsp3) is 0.316. The van der Waals surface area contributed by atoms with Crippen LogP contribution >= 0.6 is 0 Å². The van der Waals surface area contributed by atoms with Crippen LogP contribution in [-0.4, -0.2) is 26.7 Å². The van der Waals surface area contributed by atoms with E-state index in [4.69, 9.17) is 4.74 Å². The van der Waals surface area contributed by atoms with Crippen molar-refractivity contribution < 1.29 is 17.9 Å². The number of carbonyl (C=O) groups excluding carboxylic acids is 1. The second-order valence-corrected chi connectivity index (χ2v) is 8.38. The van der Waals surface area contributed by atoms with Gasteiger partial charge in [-0.1, -0.05) is 32.0 Å². The maximum absolute atomic E-state index is 12.4. The van der Waals surface area contributed by atoms with Crippen molar-refractivity contribution in [2.75, 3.05) is 16.6 Å². The molecule has 0 amide bonds. The highest BCUT2D eigenvalue weighted by molar-refractivity contribution is 7.93. The Hall–Kier alpha value is -2.34. The van der Waals surface area contributed by atoms with Crippen molar-refractivity contribution in [3.05, 3.63) is 59.7 Å². The highest BCUT2D eigenvalue weighted by Crippen LogP contribution is 2.27. The van der Waals surface area contributed by atoms with E-state index in [0.717, 1.165) is 5.56 Å². The number of anilines is 1. The number of para-hydroxylation sites is 1. The van der Waals surface area contributed by atoms with Gasteiger partial charge in [0.25, 0.3) is 0 Å². The van der Waals surface area contributed by atoms with Crippen LogP contribution in [0.25, 0.3) is 0 Å². The van der Waals surface area contributed by atoms with Gasteiger partial charge in [0, 0.05) is 6.54 Å². The summed E-state index contributed by atoms with van der Waals surface area (Å²) in [7, 11) is -3.22. The van der Waals surface area contributed by atoms with Gasteiger partial charge < -0.3 is 4.74 Å². The van der Waals surface area contributed by atoms with E-state index in [0.29, 0.717) is 30.0 Å². The SMILES string of the molecule is CC(C)c1ccccc1OC(=O)c1ccc(N2CCCS2(=O)=O)cc1. The number of benzene rings is 2. The second-order valence-electron chi connectivity index (χ2n) is 6.37. The molecule has 0 radical (unpaired) electrons. The van der Waals surface area contributed by atoms with Gasteiger partial charge in [-0.25, -0.2) is 13.2 Å². The van der Waals surface area contributed by atoms with Gasteiger partial charge in [0.05, 0.1) is 17.0 Å². The van der Waals surface area contributed by atoms with Gasteiger partial charge in [0.1, 0.15) is 5.75 Å². The van der Waals surface area contributed by atoms with Crippen molar-refractivity contribution in [2.45, 2.75) is 26.2 Å². The van der Waals surface area contributed by atoms with Crippen molar-refractivity contribution in [1.82, 2.24) is 0 Å². The molecule has 1 saturated heterocycles. The van der Waals surface area contributed by atoms with Gasteiger partial charge in [0.15, 0.2) is 0 Å². The molecule has 1 aliphatic heterocycles. The number of esters is 1. The van der Waals surface area contributed by atoms with Crippen molar-refractivity contribution in [3.63, 3.8) is 0 Å². The highest BCUT2D eigenvalue weighted by atomic mass is 32.2. The molecule has 0 saturated carbocycles. The fourth-order valence-electron chi connectivity index (χ4n) is 2.90. The molecule has 0 bridgehead atoms. The van der Waals surface area contributed by atoms with Gasteiger partial charge >= 0.3 is 5.97 Å². The van der Waals surface area contributed by atoms with E-state index >= 15 is 0 Å². The Balaban J connectivity index is 1.78. The molecule has 0 N–H and O–H groups in total. The lowest BCUT2D eigenvalue weighted by Crippen LogP contribution is -2.25. The zero-order valence-corrected chi connectivity index (χ0v) is 15.1. The maximum atomic E-state index is 12.4. The molecular formula is C19H21NO4S. The van der Waals surface area contributed by atoms with Crippen LogP contribution < -0.4 is 9.04 Å². The van der Waals surface area contributed by atoms with E-state index in [2.05, 4.69) is 0 Å². The van der Waals surface area contributed by atoms with Gasteiger partial charge in [0.2, 0.25) is 10.0 Å². The number of hydrogen-bond acceptors (Lipinski definition) is 4. The van der Waals surface area contributed by atoms with Crippen LogP contribution in [-0.2, 0) is 10.0 Å². The monoisotopic (exact) mass is 359 g/mol. The van der Waals surface area contributed by atoms with Crippen molar-refractivity contribution in [2.24, 2.45) is 0 Å². The summed E-state index contributed by atoms with van der Waals surface area (Å²) in [5.74, 6) is 0.507. The highest BCUT2D eigenvalue weighted by Gasteiger charge is 2.28. The Labute approximate surface area is 148 Å². The minimum absolute atomic E-state index is 0.169. The number of ether oxygens (including phenoxy) is 1. The van der Waals surface area contributed by atoms with Crippen molar-refractivity contribution >= 4 is 21.7 Å². The molecule has 0 aliphatic carbocycles. The maximum Gasteiger partial charge on any atom is 0.343 e. The van der Waals surface area contributed by atoms with Crippen molar-refractivity contribution in [1.29, 1.82) is 0 Å². The van der Waals surface area contributed by atoms with E-state index in [9.17, 15) is 13.2 Å². The summed E-state index contributed by atoms with van der Waals surface area (Å²) in [6.45, 7) is 4.56. The molecule has 132 valence electrons. The quantitative estimate of drug-likeness (QED) is 0.618. The standard InChI is InChI=1S/C19H21NO4S/c1-14(2)17-6-3-4-7-18(17)24-19(21)15-8-10-16(11-9-15)20-12-5-13-25(20,22)23/h3-4,6-11,14H,5,12-13H2,1-2H3. The molecule has 1 aliphatic rings. The zero-order chi connectivity index (χ0) is 18.0. The summed E-state index contributed by atoms with van der Waals surface area (Å²) in [6.07, 6.45) is 0.623. The molecule has 3 rings (SSSR count). The van der Waals surface area contributed by atoms with E-state index in [1.807, 2.05) is 32.0 Å². The summed E-state index contributed by atoms with van der Waals surface area (Å²) < 4.78 is 30.8. The summed E-state index contributed by atoms with van der Waals surface area (Å²) in [5.41, 5.74) is 1.94. The Morgan fingerprint density at radius 1 is 1.08 bits per heavy atom. The third kappa shape index (κ3) is 3.69. The first-order valence-electron chi connectivity index (χ1n) is 8.30. The van der Waals surface area contributed by atoms with E-state index < -0.39 is 16.0 Å². The predicted octanol–water partition coefficient (Wildman–Crippen LogP) is 3.57. The summed E-state index contributed by atoms with van der Waals surface area (Å²) in [5, 5.41) is 0. The molecule has 2 aromatic carbocycles. The molecule has 25 heavy (non-hydrogen) atoms. The van der Waals surface area contributed by atoms with Gasteiger partial charge in [-0.2, -0.15) is 0 Å². The third-order valence-electron chi connectivity index (χ3n) is 4.23. The first-order valence-corrected chi connectivity index (χ1v) is 9.91. The zero-order valence-electron chi connectivity index (χ0n) is 14.3. The van der Waals surface area contributed by atoms with E-state index in [-0.39, 0.29) is 11.7 Å². The Kier molecular flexibility index (Phi) is 4.81. The normalized spacial score (nSPS) is 16.2.